The predicted molar refractivity (Wildman–Crippen MR) is 80.7 cm³/mol. The normalized spacial score (nSPS) is 10.7. The lowest BCUT2D eigenvalue weighted by atomic mass is 10.1. The Morgan fingerprint density at radius 3 is 2.86 bits per heavy atom. The van der Waals surface area contributed by atoms with Gasteiger partial charge in [0.15, 0.2) is 5.69 Å². The number of aromatic nitrogens is 3. The molecule has 0 unspecified atom stereocenters. The summed E-state index contributed by atoms with van der Waals surface area (Å²) in [7, 11) is 0. The summed E-state index contributed by atoms with van der Waals surface area (Å²) < 4.78 is 0. The number of fused-ring (bicyclic) bond motifs is 1. The van der Waals surface area contributed by atoms with Gasteiger partial charge < -0.3 is 10.4 Å². The van der Waals surface area contributed by atoms with Gasteiger partial charge in [0, 0.05) is 10.3 Å². The Hall–Kier alpha value is -2.54. The molecule has 6 nitrogen and oxygen atoms in total. The van der Waals surface area contributed by atoms with Crippen LogP contribution in [0.2, 0.25) is 0 Å². The molecular formula is C14H12N4O2S. The van der Waals surface area contributed by atoms with Crippen LogP contribution in [0.15, 0.2) is 29.8 Å². The van der Waals surface area contributed by atoms with Crippen LogP contribution in [0, 0.1) is 6.92 Å². The van der Waals surface area contributed by atoms with E-state index in [1.54, 1.807) is 11.6 Å². The van der Waals surface area contributed by atoms with E-state index in [0.717, 1.165) is 16.0 Å². The van der Waals surface area contributed by atoms with Gasteiger partial charge in [0.25, 0.3) is 0 Å². The average molecular weight is 300 g/mol. The van der Waals surface area contributed by atoms with Crippen molar-refractivity contribution in [3.63, 3.8) is 0 Å². The molecule has 0 radical (unpaired) electrons. The summed E-state index contributed by atoms with van der Waals surface area (Å²) >= 11 is 1.53. The molecule has 0 aliphatic heterocycles. The Balaban J connectivity index is 2.04. The number of thiazole rings is 1. The highest BCUT2D eigenvalue weighted by molar-refractivity contribution is 7.09. The predicted octanol–water partition coefficient (Wildman–Crippen LogP) is 2.71. The van der Waals surface area contributed by atoms with Crippen molar-refractivity contribution in [1.82, 2.24) is 15.2 Å². The number of hydrogen-bond acceptors (Lipinski definition) is 6. The Labute approximate surface area is 124 Å². The molecule has 7 heteroatoms. The topological polar surface area (TPSA) is 88.0 Å². The van der Waals surface area contributed by atoms with E-state index in [4.69, 9.17) is 0 Å². The summed E-state index contributed by atoms with van der Waals surface area (Å²) in [6.45, 7) is 2.43. The van der Waals surface area contributed by atoms with E-state index in [1.807, 2.05) is 25.1 Å². The lowest BCUT2D eigenvalue weighted by Gasteiger charge is -2.10. The highest BCUT2D eigenvalue weighted by Crippen LogP contribution is 2.25. The Kier molecular flexibility index (Phi) is 3.49. The Morgan fingerprint density at radius 1 is 1.33 bits per heavy atom. The molecule has 106 valence electrons. The molecule has 2 N–H and O–H groups in total. The first-order valence-corrected chi connectivity index (χ1v) is 7.16. The monoisotopic (exact) mass is 300 g/mol. The molecule has 2 aromatic heterocycles. The zero-order valence-corrected chi connectivity index (χ0v) is 12.0. The minimum atomic E-state index is -1.10. The van der Waals surface area contributed by atoms with Gasteiger partial charge >= 0.3 is 5.97 Å². The summed E-state index contributed by atoms with van der Waals surface area (Å²) in [6.07, 6.45) is 0. The van der Waals surface area contributed by atoms with E-state index >= 15 is 0 Å². The molecule has 1 aromatic carbocycles. The van der Waals surface area contributed by atoms with Crippen LogP contribution >= 0.6 is 11.3 Å². The molecule has 0 atom stereocenters. The number of carboxylic acid groups (broad SMARTS) is 1. The minimum Gasteiger partial charge on any atom is -0.476 e. The van der Waals surface area contributed by atoms with Crippen LogP contribution in [0.25, 0.3) is 10.9 Å². The van der Waals surface area contributed by atoms with Crippen molar-refractivity contribution >= 4 is 33.9 Å². The molecule has 0 aliphatic carbocycles. The highest BCUT2D eigenvalue weighted by Gasteiger charge is 2.16. The first kappa shape index (κ1) is 13.4. The number of carbonyl (C=O) groups is 1. The lowest BCUT2D eigenvalue weighted by Crippen LogP contribution is -2.10. The molecule has 0 spiro atoms. The number of nitrogens with one attached hydrogen (secondary N) is 1. The minimum absolute atomic E-state index is 0.0733. The van der Waals surface area contributed by atoms with Crippen LogP contribution < -0.4 is 5.32 Å². The average Bonchev–Trinajstić information content (AvgIpc) is 2.89. The van der Waals surface area contributed by atoms with Crippen molar-refractivity contribution in [2.24, 2.45) is 0 Å². The van der Waals surface area contributed by atoms with Gasteiger partial charge in [-0.1, -0.05) is 18.2 Å². The van der Waals surface area contributed by atoms with Crippen LogP contribution in [-0.4, -0.2) is 26.3 Å². The lowest BCUT2D eigenvalue weighted by molar-refractivity contribution is 0.0690. The molecule has 0 amide bonds. The fraction of sp³-hybridized carbons (Fsp3) is 0.143. The maximum Gasteiger partial charge on any atom is 0.358 e. The number of aryl methyl sites for hydroxylation is 1. The van der Waals surface area contributed by atoms with E-state index in [2.05, 4.69) is 20.5 Å². The van der Waals surface area contributed by atoms with Crippen LogP contribution in [0.4, 0.5) is 5.69 Å². The fourth-order valence-corrected chi connectivity index (χ4v) is 2.76. The second kappa shape index (κ2) is 5.45. The molecule has 21 heavy (non-hydrogen) atoms. The zero-order chi connectivity index (χ0) is 14.8. The van der Waals surface area contributed by atoms with Crippen molar-refractivity contribution < 1.29 is 9.90 Å². The third-order valence-corrected chi connectivity index (χ3v) is 4.08. The van der Waals surface area contributed by atoms with E-state index < -0.39 is 5.97 Å². The summed E-state index contributed by atoms with van der Waals surface area (Å²) in [6, 6.07) is 7.32. The molecule has 0 bridgehead atoms. The number of carboxylic acids is 1. The van der Waals surface area contributed by atoms with Gasteiger partial charge in [0.2, 0.25) is 0 Å². The summed E-state index contributed by atoms with van der Waals surface area (Å²) in [5, 5.41) is 20.9. The number of rotatable bonds is 4. The fourth-order valence-electron chi connectivity index (χ4n) is 2.05. The quantitative estimate of drug-likeness (QED) is 0.770. The molecule has 0 saturated carbocycles. The van der Waals surface area contributed by atoms with E-state index in [1.165, 1.54) is 11.3 Å². The van der Waals surface area contributed by atoms with Crippen molar-refractivity contribution in [2.75, 3.05) is 5.32 Å². The maximum atomic E-state index is 11.3. The van der Waals surface area contributed by atoms with Gasteiger partial charge in [-0.25, -0.2) is 9.78 Å². The van der Waals surface area contributed by atoms with Crippen LogP contribution in [0.5, 0.6) is 0 Å². The summed E-state index contributed by atoms with van der Waals surface area (Å²) in [5.41, 5.74) is 3.78. The standard InChI is InChI=1S/C14H12N4O2S/c1-8-11(21-7-16-8)6-15-12-9-4-2-3-5-10(9)17-18-13(12)14(19)20/h2-5,7H,6H2,1H3,(H,15,17)(H,19,20). The molecule has 3 aromatic rings. The van der Waals surface area contributed by atoms with Gasteiger partial charge in [0.1, 0.15) is 0 Å². The first-order chi connectivity index (χ1) is 10.2. The van der Waals surface area contributed by atoms with Crippen molar-refractivity contribution in [2.45, 2.75) is 13.5 Å². The van der Waals surface area contributed by atoms with Gasteiger partial charge in [-0.3, -0.25) is 0 Å². The molecule has 0 aliphatic rings. The molecule has 2 heterocycles. The van der Waals surface area contributed by atoms with Crippen LogP contribution in [0.1, 0.15) is 21.1 Å². The van der Waals surface area contributed by atoms with Crippen molar-refractivity contribution in [3.05, 3.63) is 46.0 Å². The van der Waals surface area contributed by atoms with Crippen LogP contribution in [-0.2, 0) is 6.54 Å². The van der Waals surface area contributed by atoms with Gasteiger partial charge in [-0.05, 0) is 13.0 Å². The summed E-state index contributed by atoms with van der Waals surface area (Å²) in [4.78, 5) is 16.6. The third kappa shape index (κ3) is 2.55. The Bertz CT molecular complexity index is 816. The number of anilines is 1. The van der Waals surface area contributed by atoms with Gasteiger partial charge in [-0.2, -0.15) is 0 Å². The van der Waals surface area contributed by atoms with Gasteiger partial charge in [-0.15, -0.1) is 21.5 Å². The number of aromatic carboxylic acids is 1. The SMILES string of the molecule is Cc1ncsc1CNc1c(C(=O)O)nnc2ccccc12. The second-order valence-corrected chi connectivity index (χ2v) is 5.40. The van der Waals surface area contributed by atoms with Crippen LogP contribution in [0.3, 0.4) is 0 Å². The third-order valence-electron chi connectivity index (χ3n) is 3.14. The van der Waals surface area contributed by atoms with E-state index in [9.17, 15) is 9.90 Å². The van der Waals surface area contributed by atoms with Gasteiger partial charge in [0.05, 0.1) is 29.0 Å². The molecular weight excluding hydrogens is 288 g/mol. The first-order valence-electron chi connectivity index (χ1n) is 6.28. The Morgan fingerprint density at radius 2 is 2.14 bits per heavy atom. The highest BCUT2D eigenvalue weighted by atomic mass is 32.1. The van der Waals surface area contributed by atoms with Crippen molar-refractivity contribution in [3.8, 4) is 0 Å². The van der Waals surface area contributed by atoms with E-state index in [-0.39, 0.29) is 5.69 Å². The summed E-state index contributed by atoms with van der Waals surface area (Å²) in [5.74, 6) is -1.10. The van der Waals surface area contributed by atoms with E-state index in [0.29, 0.717) is 17.7 Å². The maximum absolute atomic E-state index is 11.3. The smallest absolute Gasteiger partial charge is 0.358 e. The largest absolute Gasteiger partial charge is 0.476 e. The molecule has 0 fully saturated rings. The van der Waals surface area contributed by atoms with Crippen molar-refractivity contribution in [1.29, 1.82) is 0 Å². The number of benzene rings is 1. The molecule has 3 rings (SSSR count). The molecule has 0 saturated heterocycles. The number of nitrogens with zero attached hydrogens (tertiary/aromatic N) is 3. The zero-order valence-electron chi connectivity index (χ0n) is 11.2. The second-order valence-electron chi connectivity index (χ2n) is 4.46. The number of hydrogen-bond donors (Lipinski definition) is 2.